The minimum Gasteiger partial charge on any atom is -0.487 e. The van der Waals surface area contributed by atoms with Crippen LogP contribution in [-0.2, 0) is 10.5 Å². The lowest BCUT2D eigenvalue weighted by Crippen LogP contribution is -2.41. The first kappa shape index (κ1) is 18.2. The summed E-state index contributed by atoms with van der Waals surface area (Å²) in [7, 11) is 0. The molecule has 132 valence electrons. The van der Waals surface area contributed by atoms with Crippen molar-refractivity contribution >= 4 is 29.3 Å². The Morgan fingerprint density at radius 3 is 2.88 bits per heavy atom. The van der Waals surface area contributed by atoms with Gasteiger partial charge in [-0.25, -0.2) is 0 Å². The molecule has 0 unspecified atom stereocenters. The molecule has 1 heterocycles. The van der Waals surface area contributed by atoms with Crippen molar-refractivity contribution in [1.29, 1.82) is 0 Å². The van der Waals surface area contributed by atoms with Gasteiger partial charge in [0.15, 0.2) is 0 Å². The number of fused-ring (bicyclic) bond motifs is 1. The molecule has 0 aromatic heterocycles. The van der Waals surface area contributed by atoms with Crippen molar-refractivity contribution < 1.29 is 9.53 Å². The van der Waals surface area contributed by atoms with E-state index >= 15 is 0 Å². The molecule has 25 heavy (non-hydrogen) atoms. The van der Waals surface area contributed by atoms with Crippen LogP contribution in [0.15, 0.2) is 48.5 Å². The Morgan fingerprint density at radius 1 is 1.28 bits per heavy atom. The molecule has 0 aliphatic carbocycles. The van der Waals surface area contributed by atoms with Crippen LogP contribution in [-0.4, -0.2) is 17.3 Å². The SMILES string of the molecule is CC1(C)C[C@H](NC(=O)CSCc2cccc(Cl)c2)c2ccccc2O1. The van der Waals surface area contributed by atoms with E-state index in [2.05, 4.69) is 19.2 Å². The number of amides is 1. The Hall–Kier alpha value is -1.65. The van der Waals surface area contributed by atoms with Crippen molar-refractivity contribution in [3.63, 3.8) is 0 Å². The summed E-state index contributed by atoms with van der Waals surface area (Å²) in [6.07, 6.45) is 0.759. The molecule has 5 heteroatoms. The molecule has 0 spiro atoms. The molecule has 0 bridgehead atoms. The number of halogens is 1. The van der Waals surface area contributed by atoms with Crippen LogP contribution < -0.4 is 10.1 Å². The van der Waals surface area contributed by atoms with Crippen LogP contribution >= 0.6 is 23.4 Å². The van der Waals surface area contributed by atoms with Gasteiger partial charge >= 0.3 is 0 Å². The van der Waals surface area contributed by atoms with Gasteiger partial charge in [-0.15, -0.1) is 11.8 Å². The van der Waals surface area contributed by atoms with Gasteiger partial charge in [0.2, 0.25) is 5.91 Å². The molecular formula is C20H22ClNO2S. The number of carbonyl (C=O) groups is 1. The molecule has 1 aliphatic rings. The average molecular weight is 376 g/mol. The van der Waals surface area contributed by atoms with E-state index in [4.69, 9.17) is 16.3 Å². The molecule has 1 amide bonds. The summed E-state index contributed by atoms with van der Waals surface area (Å²) in [5.74, 6) is 2.09. The van der Waals surface area contributed by atoms with Crippen molar-refractivity contribution in [3.05, 3.63) is 64.7 Å². The number of para-hydroxylation sites is 1. The highest BCUT2D eigenvalue weighted by Gasteiger charge is 2.34. The Labute approximate surface area is 158 Å². The first-order chi connectivity index (χ1) is 11.9. The highest BCUT2D eigenvalue weighted by molar-refractivity contribution is 7.99. The largest absolute Gasteiger partial charge is 0.487 e. The Balaban J connectivity index is 1.57. The third-order valence-electron chi connectivity index (χ3n) is 4.10. The Kier molecular flexibility index (Phi) is 5.60. The number of carbonyl (C=O) groups excluding carboxylic acids is 1. The van der Waals surface area contributed by atoms with Crippen molar-refractivity contribution in [2.24, 2.45) is 0 Å². The highest BCUT2D eigenvalue weighted by Crippen LogP contribution is 2.39. The molecule has 2 aromatic carbocycles. The zero-order valence-corrected chi connectivity index (χ0v) is 16.0. The lowest BCUT2D eigenvalue weighted by atomic mass is 9.90. The third kappa shape index (κ3) is 4.93. The van der Waals surface area contributed by atoms with Crippen LogP contribution in [0.3, 0.4) is 0 Å². The molecule has 0 saturated heterocycles. The van der Waals surface area contributed by atoms with Crippen LogP contribution in [0.1, 0.15) is 37.4 Å². The molecule has 1 N–H and O–H groups in total. The molecule has 1 atom stereocenters. The molecule has 2 aromatic rings. The average Bonchev–Trinajstić information content (AvgIpc) is 2.54. The van der Waals surface area contributed by atoms with Crippen molar-refractivity contribution in [2.45, 2.75) is 37.7 Å². The number of ether oxygens (including phenoxy) is 1. The van der Waals surface area contributed by atoms with Crippen LogP contribution in [0.2, 0.25) is 5.02 Å². The van der Waals surface area contributed by atoms with Gasteiger partial charge in [0, 0.05) is 22.8 Å². The second-order valence-electron chi connectivity index (χ2n) is 6.85. The summed E-state index contributed by atoms with van der Waals surface area (Å²) in [6, 6.07) is 15.6. The van der Waals surface area contributed by atoms with Crippen LogP contribution in [0, 0.1) is 0 Å². The molecule has 3 rings (SSSR count). The van der Waals surface area contributed by atoms with E-state index in [9.17, 15) is 4.79 Å². The number of hydrogen-bond acceptors (Lipinski definition) is 3. The Bertz CT molecular complexity index is 763. The minimum absolute atomic E-state index is 0.0146. The topological polar surface area (TPSA) is 38.3 Å². The lowest BCUT2D eigenvalue weighted by molar-refractivity contribution is -0.119. The van der Waals surface area contributed by atoms with Gasteiger partial charge in [0.1, 0.15) is 11.4 Å². The predicted molar refractivity (Wildman–Crippen MR) is 104 cm³/mol. The lowest BCUT2D eigenvalue weighted by Gasteiger charge is -2.37. The van der Waals surface area contributed by atoms with E-state index in [1.807, 2.05) is 48.5 Å². The first-order valence-electron chi connectivity index (χ1n) is 8.32. The summed E-state index contributed by atoms with van der Waals surface area (Å²) >= 11 is 7.58. The first-order valence-corrected chi connectivity index (χ1v) is 9.86. The molecular weight excluding hydrogens is 354 g/mol. The van der Waals surface area contributed by atoms with Crippen molar-refractivity contribution in [3.8, 4) is 5.75 Å². The Morgan fingerprint density at radius 2 is 2.08 bits per heavy atom. The highest BCUT2D eigenvalue weighted by atomic mass is 35.5. The van der Waals surface area contributed by atoms with Gasteiger partial charge in [0.05, 0.1) is 11.8 Å². The summed E-state index contributed by atoms with van der Waals surface area (Å²) in [4.78, 5) is 12.4. The molecule has 3 nitrogen and oxygen atoms in total. The van der Waals surface area contributed by atoms with Gasteiger partial charge in [-0.3, -0.25) is 4.79 Å². The van der Waals surface area contributed by atoms with Gasteiger partial charge < -0.3 is 10.1 Å². The summed E-state index contributed by atoms with van der Waals surface area (Å²) in [5, 5.41) is 3.89. The fraction of sp³-hybridized carbons (Fsp3) is 0.350. The zero-order chi connectivity index (χ0) is 17.9. The standard InChI is InChI=1S/C20H22ClNO2S/c1-20(2)11-17(16-8-3-4-9-18(16)24-20)22-19(23)13-25-12-14-6-5-7-15(21)10-14/h3-10,17H,11-13H2,1-2H3,(H,22,23)/t17-/m0/s1. The molecule has 0 saturated carbocycles. The molecule has 0 radical (unpaired) electrons. The normalized spacial score (nSPS) is 18.1. The van der Waals surface area contributed by atoms with Gasteiger partial charge in [-0.05, 0) is 37.6 Å². The van der Waals surface area contributed by atoms with Crippen molar-refractivity contribution in [1.82, 2.24) is 5.32 Å². The second-order valence-corrected chi connectivity index (χ2v) is 8.27. The number of rotatable bonds is 5. The summed E-state index contributed by atoms with van der Waals surface area (Å²) in [5.41, 5.74) is 1.89. The maximum Gasteiger partial charge on any atom is 0.230 e. The zero-order valence-electron chi connectivity index (χ0n) is 14.4. The summed E-state index contributed by atoms with van der Waals surface area (Å²) in [6.45, 7) is 4.10. The number of thioether (sulfide) groups is 1. The van der Waals surface area contributed by atoms with E-state index in [-0.39, 0.29) is 17.6 Å². The predicted octanol–water partition coefficient (Wildman–Crippen LogP) is 4.99. The third-order valence-corrected chi connectivity index (χ3v) is 5.34. The monoisotopic (exact) mass is 375 g/mol. The number of benzene rings is 2. The summed E-state index contributed by atoms with van der Waals surface area (Å²) < 4.78 is 6.01. The van der Waals surface area contributed by atoms with E-state index in [1.165, 1.54) is 0 Å². The van der Waals surface area contributed by atoms with Crippen LogP contribution in [0.4, 0.5) is 0 Å². The quantitative estimate of drug-likeness (QED) is 0.799. The maximum atomic E-state index is 12.4. The maximum absolute atomic E-state index is 12.4. The van der Waals surface area contributed by atoms with Gasteiger partial charge in [-0.2, -0.15) is 0 Å². The minimum atomic E-state index is -0.291. The van der Waals surface area contributed by atoms with Crippen LogP contribution in [0.5, 0.6) is 5.75 Å². The van der Waals surface area contributed by atoms with E-state index < -0.39 is 0 Å². The van der Waals surface area contributed by atoms with Crippen LogP contribution in [0.25, 0.3) is 0 Å². The number of nitrogens with one attached hydrogen (secondary N) is 1. The fourth-order valence-corrected chi connectivity index (χ4v) is 4.05. The molecule has 0 fully saturated rings. The number of hydrogen-bond donors (Lipinski definition) is 1. The smallest absolute Gasteiger partial charge is 0.230 e. The van der Waals surface area contributed by atoms with Gasteiger partial charge in [-0.1, -0.05) is 41.9 Å². The molecule has 1 aliphatic heterocycles. The van der Waals surface area contributed by atoms with E-state index in [0.717, 1.165) is 34.1 Å². The second kappa shape index (κ2) is 7.71. The fourth-order valence-electron chi connectivity index (χ4n) is 3.06. The van der Waals surface area contributed by atoms with Gasteiger partial charge in [0.25, 0.3) is 0 Å². The van der Waals surface area contributed by atoms with E-state index in [1.54, 1.807) is 11.8 Å². The van der Waals surface area contributed by atoms with E-state index in [0.29, 0.717) is 5.75 Å². The van der Waals surface area contributed by atoms with Crippen molar-refractivity contribution in [2.75, 3.05) is 5.75 Å².